The van der Waals surface area contributed by atoms with E-state index >= 15 is 0 Å². The lowest BCUT2D eigenvalue weighted by Crippen LogP contribution is -2.36. The van der Waals surface area contributed by atoms with Crippen LogP contribution in [0.2, 0.25) is 0 Å². The van der Waals surface area contributed by atoms with E-state index in [0.717, 1.165) is 30.5 Å². The standard InChI is InChI=1S/C10H14N4O/c1-6(2)11-14-10(15)9-7-4-3-5-8(7)12-13-9/h11H,1,3-5H2,2H3,(H,12,13)(H,14,15). The minimum Gasteiger partial charge on any atom is -0.303 e. The Bertz CT molecular complexity index is 408. The van der Waals surface area contributed by atoms with E-state index in [-0.39, 0.29) is 5.91 Å². The molecule has 0 aliphatic heterocycles. The zero-order valence-electron chi connectivity index (χ0n) is 8.68. The summed E-state index contributed by atoms with van der Waals surface area (Å²) in [5, 5.41) is 6.90. The molecule has 0 unspecified atom stereocenters. The fourth-order valence-corrected chi connectivity index (χ4v) is 1.73. The average molecular weight is 206 g/mol. The van der Waals surface area contributed by atoms with Crippen LogP contribution in [0.4, 0.5) is 0 Å². The van der Waals surface area contributed by atoms with Gasteiger partial charge in [-0.25, -0.2) is 0 Å². The van der Waals surface area contributed by atoms with Crippen molar-refractivity contribution in [3.8, 4) is 0 Å². The van der Waals surface area contributed by atoms with E-state index in [1.807, 2.05) is 0 Å². The highest BCUT2D eigenvalue weighted by Crippen LogP contribution is 2.22. The van der Waals surface area contributed by atoms with Crippen LogP contribution in [0, 0.1) is 0 Å². The predicted octanol–water partition coefficient (Wildman–Crippen LogP) is 0.666. The molecule has 0 saturated heterocycles. The summed E-state index contributed by atoms with van der Waals surface area (Å²) in [5.74, 6) is -0.211. The molecule has 0 saturated carbocycles. The molecule has 5 nitrogen and oxygen atoms in total. The van der Waals surface area contributed by atoms with Gasteiger partial charge in [0.25, 0.3) is 5.91 Å². The number of hydrazine groups is 1. The van der Waals surface area contributed by atoms with E-state index < -0.39 is 0 Å². The number of carbonyl (C=O) groups excluding carboxylic acids is 1. The summed E-state index contributed by atoms with van der Waals surface area (Å²) in [6.45, 7) is 5.40. The number of carbonyl (C=O) groups is 1. The van der Waals surface area contributed by atoms with Crippen LogP contribution in [0.3, 0.4) is 0 Å². The Balaban J connectivity index is 2.09. The number of H-pyrrole nitrogens is 1. The predicted molar refractivity (Wildman–Crippen MR) is 56.0 cm³/mol. The first kappa shape index (κ1) is 9.76. The molecule has 3 N–H and O–H groups in total. The van der Waals surface area contributed by atoms with Crippen LogP contribution in [-0.4, -0.2) is 16.1 Å². The molecule has 1 aromatic heterocycles. The van der Waals surface area contributed by atoms with Gasteiger partial charge in [0.2, 0.25) is 0 Å². The molecule has 1 heterocycles. The quantitative estimate of drug-likeness (QED) is 0.636. The van der Waals surface area contributed by atoms with Gasteiger partial charge in [0.1, 0.15) is 0 Å². The molecule has 0 bridgehead atoms. The summed E-state index contributed by atoms with van der Waals surface area (Å²) in [5.41, 5.74) is 8.55. The van der Waals surface area contributed by atoms with Gasteiger partial charge in [-0.15, -0.1) is 0 Å². The maximum Gasteiger partial charge on any atom is 0.290 e. The molecule has 0 radical (unpaired) electrons. The molecule has 1 aliphatic carbocycles. The van der Waals surface area contributed by atoms with Gasteiger partial charge < -0.3 is 5.43 Å². The smallest absolute Gasteiger partial charge is 0.290 e. The van der Waals surface area contributed by atoms with Gasteiger partial charge in [-0.1, -0.05) is 6.58 Å². The zero-order chi connectivity index (χ0) is 10.8. The maximum absolute atomic E-state index is 11.7. The van der Waals surface area contributed by atoms with Crippen LogP contribution in [0.1, 0.15) is 35.1 Å². The summed E-state index contributed by atoms with van der Waals surface area (Å²) < 4.78 is 0. The third kappa shape index (κ3) is 1.86. The Morgan fingerprint density at radius 1 is 1.47 bits per heavy atom. The highest BCUT2D eigenvalue weighted by molar-refractivity contribution is 5.93. The van der Waals surface area contributed by atoms with Crippen molar-refractivity contribution < 1.29 is 4.79 Å². The van der Waals surface area contributed by atoms with E-state index in [9.17, 15) is 4.79 Å². The van der Waals surface area contributed by atoms with Crippen LogP contribution in [0.25, 0.3) is 0 Å². The van der Waals surface area contributed by atoms with E-state index in [1.54, 1.807) is 6.92 Å². The van der Waals surface area contributed by atoms with E-state index in [0.29, 0.717) is 11.4 Å². The second kappa shape index (κ2) is 3.76. The largest absolute Gasteiger partial charge is 0.303 e. The molecule has 80 valence electrons. The van der Waals surface area contributed by atoms with Gasteiger partial charge in [-0.05, 0) is 26.2 Å². The van der Waals surface area contributed by atoms with Crippen LogP contribution in [0.15, 0.2) is 12.3 Å². The molecule has 0 fully saturated rings. The van der Waals surface area contributed by atoms with Crippen molar-refractivity contribution in [2.45, 2.75) is 26.2 Å². The molecule has 2 rings (SSSR count). The van der Waals surface area contributed by atoms with Gasteiger partial charge >= 0.3 is 0 Å². The van der Waals surface area contributed by atoms with Crippen molar-refractivity contribution >= 4 is 5.91 Å². The van der Waals surface area contributed by atoms with Gasteiger partial charge in [0, 0.05) is 17.0 Å². The summed E-state index contributed by atoms with van der Waals surface area (Å²) in [6, 6.07) is 0. The van der Waals surface area contributed by atoms with E-state index in [1.165, 1.54) is 0 Å². The Hall–Kier alpha value is -1.78. The second-order valence-corrected chi connectivity index (χ2v) is 3.74. The number of allylic oxidation sites excluding steroid dienone is 1. The molecular formula is C10H14N4O. The third-order valence-corrected chi connectivity index (χ3v) is 2.41. The molecular weight excluding hydrogens is 192 g/mol. The molecule has 0 atom stereocenters. The summed E-state index contributed by atoms with van der Waals surface area (Å²) in [4.78, 5) is 11.7. The average Bonchev–Trinajstić information content (AvgIpc) is 2.74. The first-order chi connectivity index (χ1) is 7.18. The minimum absolute atomic E-state index is 0.211. The third-order valence-electron chi connectivity index (χ3n) is 2.41. The fraction of sp³-hybridized carbons (Fsp3) is 0.400. The number of nitrogens with one attached hydrogen (secondary N) is 3. The number of nitrogens with zero attached hydrogens (tertiary/aromatic N) is 1. The van der Waals surface area contributed by atoms with Gasteiger partial charge in [0.05, 0.1) is 0 Å². The highest BCUT2D eigenvalue weighted by Gasteiger charge is 2.22. The molecule has 1 aromatic rings. The summed E-state index contributed by atoms with van der Waals surface area (Å²) in [7, 11) is 0. The van der Waals surface area contributed by atoms with Crippen molar-refractivity contribution in [1.29, 1.82) is 0 Å². The SMILES string of the molecule is C=C(C)NNC(=O)c1n[nH]c2c1CCC2. The molecule has 1 amide bonds. The maximum atomic E-state index is 11.7. The number of aryl methyl sites for hydroxylation is 1. The summed E-state index contributed by atoms with van der Waals surface area (Å²) >= 11 is 0. The number of hydrogen-bond donors (Lipinski definition) is 3. The number of hydrogen-bond acceptors (Lipinski definition) is 3. The summed E-state index contributed by atoms with van der Waals surface area (Å²) in [6.07, 6.45) is 3.02. The van der Waals surface area contributed by atoms with E-state index in [4.69, 9.17) is 0 Å². The molecule has 0 aromatic carbocycles. The number of amides is 1. The van der Waals surface area contributed by atoms with Crippen LogP contribution in [0.5, 0.6) is 0 Å². The van der Waals surface area contributed by atoms with Crippen LogP contribution >= 0.6 is 0 Å². The lowest BCUT2D eigenvalue weighted by molar-refractivity contribution is 0.0933. The first-order valence-electron chi connectivity index (χ1n) is 4.96. The molecule has 0 spiro atoms. The lowest BCUT2D eigenvalue weighted by Gasteiger charge is -2.06. The first-order valence-corrected chi connectivity index (χ1v) is 4.96. The number of fused-ring (bicyclic) bond motifs is 1. The van der Waals surface area contributed by atoms with Crippen LogP contribution in [-0.2, 0) is 12.8 Å². The number of aromatic amines is 1. The highest BCUT2D eigenvalue weighted by atomic mass is 16.2. The fourth-order valence-electron chi connectivity index (χ4n) is 1.73. The zero-order valence-corrected chi connectivity index (χ0v) is 8.68. The Labute approximate surface area is 87.9 Å². The minimum atomic E-state index is -0.211. The monoisotopic (exact) mass is 206 g/mol. The second-order valence-electron chi connectivity index (χ2n) is 3.74. The van der Waals surface area contributed by atoms with Crippen LogP contribution < -0.4 is 10.9 Å². The Kier molecular flexibility index (Phi) is 2.45. The van der Waals surface area contributed by atoms with Crippen molar-refractivity contribution in [1.82, 2.24) is 21.0 Å². The van der Waals surface area contributed by atoms with Gasteiger partial charge in [-0.3, -0.25) is 15.3 Å². The molecule has 15 heavy (non-hydrogen) atoms. The van der Waals surface area contributed by atoms with Gasteiger partial charge in [0.15, 0.2) is 5.69 Å². The molecule has 5 heteroatoms. The van der Waals surface area contributed by atoms with E-state index in [2.05, 4.69) is 27.6 Å². The number of rotatable bonds is 3. The molecule has 1 aliphatic rings. The topological polar surface area (TPSA) is 69.8 Å². The Morgan fingerprint density at radius 3 is 3.00 bits per heavy atom. The van der Waals surface area contributed by atoms with Crippen molar-refractivity contribution in [2.24, 2.45) is 0 Å². The normalized spacial score (nSPS) is 13.4. The lowest BCUT2D eigenvalue weighted by atomic mass is 10.2. The van der Waals surface area contributed by atoms with Crippen molar-refractivity contribution in [2.75, 3.05) is 0 Å². The van der Waals surface area contributed by atoms with Crippen molar-refractivity contribution in [3.63, 3.8) is 0 Å². The number of aromatic nitrogens is 2. The van der Waals surface area contributed by atoms with Gasteiger partial charge in [-0.2, -0.15) is 5.10 Å². The van der Waals surface area contributed by atoms with Crippen molar-refractivity contribution in [3.05, 3.63) is 29.2 Å². The Morgan fingerprint density at radius 2 is 2.27 bits per heavy atom.